The van der Waals surface area contributed by atoms with Crippen molar-refractivity contribution >= 4 is 10.8 Å². The highest BCUT2D eigenvalue weighted by Gasteiger charge is 2.19. The van der Waals surface area contributed by atoms with Gasteiger partial charge in [0.2, 0.25) is 5.69 Å². The number of nitrogens with zero attached hydrogens (tertiary/aromatic N) is 2. The van der Waals surface area contributed by atoms with Crippen molar-refractivity contribution in [3.05, 3.63) is 132 Å². The molecule has 0 aliphatic heterocycles. The smallest absolute Gasteiger partial charge is 0.213 e. The maximum Gasteiger partial charge on any atom is 0.213 e. The summed E-state index contributed by atoms with van der Waals surface area (Å²) in [6.07, 6.45) is 5.07. The van der Waals surface area contributed by atoms with Crippen LogP contribution in [0, 0.1) is 13.8 Å². The fourth-order valence-electron chi connectivity index (χ4n) is 5.23. The first-order valence-electron chi connectivity index (χ1n) is 12.7. The number of allylic oxidation sites excluding steroid dienone is 1. The van der Waals surface area contributed by atoms with Crippen LogP contribution in [0.1, 0.15) is 36.0 Å². The Labute approximate surface area is 214 Å². The summed E-state index contributed by atoms with van der Waals surface area (Å²) >= 11 is 0. The van der Waals surface area contributed by atoms with E-state index in [2.05, 4.69) is 129 Å². The quantitative estimate of drug-likeness (QED) is 0.173. The van der Waals surface area contributed by atoms with Gasteiger partial charge in [-0.1, -0.05) is 80.2 Å². The van der Waals surface area contributed by atoms with E-state index < -0.39 is 0 Å². The second-order valence-corrected chi connectivity index (χ2v) is 9.86. The van der Waals surface area contributed by atoms with E-state index in [1.54, 1.807) is 0 Å². The summed E-state index contributed by atoms with van der Waals surface area (Å²) in [7, 11) is 0. The molecule has 178 valence electrons. The lowest BCUT2D eigenvalue weighted by molar-refractivity contribution is -0.678. The second kappa shape index (κ2) is 10.3. The van der Waals surface area contributed by atoms with Crippen molar-refractivity contribution in [2.45, 2.75) is 39.7 Å². The zero-order chi connectivity index (χ0) is 25.1. The number of rotatable bonds is 7. The standard InChI is InChI=1S/C34H33N2/c1-24-17-18-33(30-14-7-5-11-26(30)3)36(22-24)23-25(2)21-27(4)29-13-9-10-16-32(29)34-31-15-8-6-12-28(31)19-20-35-34/h5-20,22,27H,2,21,23H2,1,3-4H3/q+1. The van der Waals surface area contributed by atoms with Crippen LogP contribution >= 0.6 is 0 Å². The van der Waals surface area contributed by atoms with Gasteiger partial charge in [-0.05, 0) is 66.5 Å². The number of benzene rings is 3. The second-order valence-electron chi connectivity index (χ2n) is 9.86. The van der Waals surface area contributed by atoms with Crippen molar-refractivity contribution in [1.29, 1.82) is 0 Å². The molecule has 2 nitrogen and oxygen atoms in total. The number of aromatic nitrogens is 2. The zero-order valence-corrected chi connectivity index (χ0v) is 21.4. The van der Waals surface area contributed by atoms with Crippen LogP contribution in [0.15, 0.2) is 116 Å². The fourth-order valence-corrected chi connectivity index (χ4v) is 5.23. The summed E-state index contributed by atoms with van der Waals surface area (Å²) in [6.45, 7) is 11.9. The van der Waals surface area contributed by atoms with Gasteiger partial charge in [-0.2, -0.15) is 4.57 Å². The maximum atomic E-state index is 4.80. The van der Waals surface area contributed by atoms with Gasteiger partial charge in [0.05, 0.1) is 5.69 Å². The Bertz CT molecular complexity index is 1540. The summed E-state index contributed by atoms with van der Waals surface area (Å²) in [5.74, 6) is 0.321. The Morgan fingerprint density at radius 2 is 1.56 bits per heavy atom. The van der Waals surface area contributed by atoms with Crippen molar-refractivity contribution in [3.63, 3.8) is 0 Å². The Morgan fingerprint density at radius 3 is 2.39 bits per heavy atom. The molecular formula is C34H33N2+. The minimum absolute atomic E-state index is 0.321. The molecule has 2 heterocycles. The predicted molar refractivity (Wildman–Crippen MR) is 151 cm³/mol. The minimum Gasteiger partial charge on any atom is -0.256 e. The van der Waals surface area contributed by atoms with Gasteiger partial charge in [-0.25, -0.2) is 0 Å². The normalized spacial score (nSPS) is 12.0. The average Bonchev–Trinajstić information content (AvgIpc) is 2.89. The molecule has 0 N–H and O–H groups in total. The van der Waals surface area contributed by atoms with E-state index >= 15 is 0 Å². The molecule has 36 heavy (non-hydrogen) atoms. The fraction of sp³-hybridized carbons (Fsp3) is 0.176. The lowest BCUT2D eigenvalue weighted by Crippen LogP contribution is -2.37. The Kier molecular flexibility index (Phi) is 6.77. The zero-order valence-electron chi connectivity index (χ0n) is 21.4. The molecule has 3 aromatic carbocycles. The third-order valence-corrected chi connectivity index (χ3v) is 7.00. The van der Waals surface area contributed by atoms with Crippen LogP contribution < -0.4 is 4.57 Å². The van der Waals surface area contributed by atoms with Crippen LogP contribution in [0.2, 0.25) is 0 Å². The van der Waals surface area contributed by atoms with E-state index in [1.807, 2.05) is 6.20 Å². The van der Waals surface area contributed by atoms with Crippen molar-refractivity contribution in [1.82, 2.24) is 4.98 Å². The SMILES string of the molecule is C=C(CC(C)c1ccccc1-c1nccc2ccccc12)C[n+]1cc(C)ccc1-c1ccccc1C. The summed E-state index contributed by atoms with van der Waals surface area (Å²) in [5.41, 5.74) is 9.82. The van der Waals surface area contributed by atoms with E-state index in [0.29, 0.717) is 5.92 Å². The van der Waals surface area contributed by atoms with Crippen molar-refractivity contribution in [2.24, 2.45) is 0 Å². The molecule has 5 rings (SSSR count). The molecule has 2 heteroatoms. The van der Waals surface area contributed by atoms with Crippen molar-refractivity contribution < 1.29 is 4.57 Å². The van der Waals surface area contributed by atoms with Gasteiger partial charge >= 0.3 is 0 Å². The molecule has 0 saturated heterocycles. The largest absolute Gasteiger partial charge is 0.256 e. The third-order valence-electron chi connectivity index (χ3n) is 7.00. The van der Waals surface area contributed by atoms with Gasteiger partial charge in [0.1, 0.15) is 0 Å². The van der Waals surface area contributed by atoms with E-state index in [-0.39, 0.29) is 0 Å². The summed E-state index contributed by atoms with van der Waals surface area (Å²) in [6, 6.07) is 32.3. The molecule has 0 fully saturated rings. The van der Waals surface area contributed by atoms with Gasteiger partial charge in [0, 0.05) is 34.3 Å². The van der Waals surface area contributed by atoms with E-state index in [0.717, 1.165) is 18.7 Å². The molecule has 0 radical (unpaired) electrons. The highest BCUT2D eigenvalue weighted by molar-refractivity contribution is 5.95. The molecule has 0 saturated carbocycles. The highest BCUT2D eigenvalue weighted by Crippen LogP contribution is 2.35. The Hall–Kier alpha value is -4.04. The topological polar surface area (TPSA) is 16.8 Å². The van der Waals surface area contributed by atoms with Gasteiger partial charge in [0.25, 0.3) is 0 Å². The highest BCUT2D eigenvalue weighted by atomic mass is 15.0. The first kappa shape index (κ1) is 23.7. The summed E-state index contributed by atoms with van der Waals surface area (Å²) in [4.78, 5) is 4.80. The molecule has 0 bridgehead atoms. The molecule has 0 aliphatic carbocycles. The van der Waals surface area contributed by atoms with Gasteiger partial charge in [-0.15, -0.1) is 0 Å². The van der Waals surface area contributed by atoms with E-state index in [1.165, 1.54) is 49.9 Å². The molecule has 0 aliphatic rings. The first-order chi connectivity index (χ1) is 17.5. The van der Waals surface area contributed by atoms with Gasteiger partial charge < -0.3 is 0 Å². The summed E-state index contributed by atoms with van der Waals surface area (Å²) < 4.78 is 2.35. The van der Waals surface area contributed by atoms with Crippen LogP contribution in [0.25, 0.3) is 33.3 Å². The van der Waals surface area contributed by atoms with Crippen LogP contribution in [-0.2, 0) is 6.54 Å². The first-order valence-corrected chi connectivity index (χ1v) is 12.7. The van der Waals surface area contributed by atoms with E-state index in [9.17, 15) is 0 Å². The van der Waals surface area contributed by atoms with Gasteiger partial charge in [0.15, 0.2) is 12.7 Å². The minimum atomic E-state index is 0.321. The number of fused-ring (bicyclic) bond motifs is 1. The predicted octanol–water partition coefficient (Wildman–Crippen LogP) is 8.22. The molecule has 1 atom stereocenters. The van der Waals surface area contributed by atoms with Crippen LogP contribution in [0.5, 0.6) is 0 Å². The maximum absolute atomic E-state index is 4.80. The van der Waals surface area contributed by atoms with Crippen molar-refractivity contribution in [2.75, 3.05) is 0 Å². The number of hydrogen-bond acceptors (Lipinski definition) is 1. The van der Waals surface area contributed by atoms with Gasteiger partial charge in [-0.3, -0.25) is 4.98 Å². The van der Waals surface area contributed by atoms with Crippen LogP contribution in [0.4, 0.5) is 0 Å². The summed E-state index contributed by atoms with van der Waals surface area (Å²) in [5, 5.41) is 2.41. The molecular weight excluding hydrogens is 436 g/mol. The average molecular weight is 470 g/mol. The number of pyridine rings is 2. The Balaban J connectivity index is 1.43. The molecule has 0 amide bonds. The van der Waals surface area contributed by atoms with Crippen LogP contribution in [0.3, 0.4) is 0 Å². The molecule has 1 unspecified atom stereocenters. The number of aryl methyl sites for hydroxylation is 2. The lowest BCUT2D eigenvalue weighted by Gasteiger charge is -2.18. The molecule has 2 aromatic heterocycles. The number of hydrogen-bond donors (Lipinski definition) is 0. The lowest BCUT2D eigenvalue weighted by atomic mass is 9.88. The molecule has 5 aromatic rings. The Morgan fingerprint density at radius 1 is 0.833 bits per heavy atom. The molecule has 0 spiro atoms. The van der Waals surface area contributed by atoms with E-state index in [4.69, 9.17) is 4.98 Å². The van der Waals surface area contributed by atoms with Crippen molar-refractivity contribution in [3.8, 4) is 22.5 Å². The van der Waals surface area contributed by atoms with Crippen LogP contribution in [-0.4, -0.2) is 4.98 Å². The monoisotopic (exact) mass is 469 g/mol. The third kappa shape index (κ3) is 4.85.